The van der Waals surface area contributed by atoms with E-state index in [0.717, 1.165) is 22.4 Å². The van der Waals surface area contributed by atoms with E-state index >= 15 is 0 Å². The maximum absolute atomic E-state index is 12.8. The van der Waals surface area contributed by atoms with E-state index in [1.54, 1.807) is 23.9 Å². The first kappa shape index (κ1) is 18.5. The van der Waals surface area contributed by atoms with Crippen LogP contribution in [-0.4, -0.2) is 23.3 Å². The SMILES string of the molecule is CC(CSc1ccc(F)cc1)C(=O)NCCc1ccc(CO)cc1. The maximum atomic E-state index is 12.8. The average molecular weight is 347 g/mol. The highest BCUT2D eigenvalue weighted by molar-refractivity contribution is 7.99. The number of benzene rings is 2. The zero-order valence-corrected chi connectivity index (χ0v) is 14.5. The molecule has 2 aromatic carbocycles. The van der Waals surface area contributed by atoms with Crippen molar-refractivity contribution in [2.24, 2.45) is 5.92 Å². The second-order valence-corrected chi connectivity index (χ2v) is 6.78. The first-order valence-electron chi connectivity index (χ1n) is 7.93. The number of amides is 1. The van der Waals surface area contributed by atoms with Crippen LogP contribution >= 0.6 is 11.8 Å². The molecule has 3 nitrogen and oxygen atoms in total. The lowest BCUT2D eigenvalue weighted by Gasteiger charge is -2.12. The number of hydrogen-bond donors (Lipinski definition) is 2. The molecule has 1 unspecified atom stereocenters. The second-order valence-electron chi connectivity index (χ2n) is 5.68. The predicted octanol–water partition coefficient (Wildman–Crippen LogP) is 3.41. The van der Waals surface area contributed by atoms with Gasteiger partial charge in [-0.25, -0.2) is 4.39 Å². The van der Waals surface area contributed by atoms with Gasteiger partial charge in [0.1, 0.15) is 5.82 Å². The Morgan fingerprint density at radius 3 is 2.38 bits per heavy atom. The van der Waals surface area contributed by atoms with Crippen LogP contribution in [0.5, 0.6) is 0 Å². The van der Waals surface area contributed by atoms with Crippen LogP contribution in [0.3, 0.4) is 0 Å². The largest absolute Gasteiger partial charge is 0.392 e. The molecule has 1 amide bonds. The first-order chi connectivity index (χ1) is 11.6. The smallest absolute Gasteiger partial charge is 0.223 e. The number of thioether (sulfide) groups is 1. The highest BCUT2D eigenvalue weighted by Crippen LogP contribution is 2.21. The Morgan fingerprint density at radius 1 is 1.12 bits per heavy atom. The molecule has 0 aromatic heterocycles. The van der Waals surface area contributed by atoms with E-state index in [1.807, 2.05) is 31.2 Å². The Balaban J connectivity index is 1.69. The molecule has 0 bridgehead atoms. The molecule has 0 spiro atoms. The molecule has 128 valence electrons. The fourth-order valence-electron chi connectivity index (χ4n) is 2.14. The van der Waals surface area contributed by atoms with Gasteiger partial charge in [0, 0.05) is 23.1 Å². The molecule has 0 heterocycles. The summed E-state index contributed by atoms with van der Waals surface area (Å²) in [5.41, 5.74) is 2.01. The van der Waals surface area contributed by atoms with E-state index in [9.17, 15) is 9.18 Å². The molecule has 0 radical (unpaired) electrons. The molecule has 0 saturated carbocycles. The summed E-state index contributed by atoms with van der Waals surface area (Å²) in [4.78, 5) is 13.0. The quantitative estimate of drug-likeness (QED) is 0.720. The third kappa shape index (κ3) is 5.98. The lowest BCUT2D eigenvalue weighted by Crippen LogP contribution is -2.31. The first-order valence-corrected chi connectivity index (χ1v) is 8.92. The second kappa shape index (κ2) is 9.45. The Hall–Kier alpha value is -1.85. The van der Waals surface area contributed by atoms with Crippen LogP contribution in [0.1, 0.15) is 18.1 Å². The van der Waals surface area contributed by atoms with Crippen molar-refractivity contribution in [2.45, 2.75) is 24.8 Å². The number of carbonyl (C=O) groups excluding carboxylic acids is 1. The van der Waals surface area contributed by atoms with E-state index in [0.29, 0.717) is 12.3 Å². The summed E-state index contributed by atoms with van der Waals surface area (Å²) >= 11 is 1.55. The third-order valence-corrected chi connectivity index (χ3v) is 4.95. The Kier molecular flexibility index (Phi) is 7.28. The standard InChI is InChI=1S/C19H22FNO2S/c1-14(13-24-18-8-6-17(20)7-9-18)19(23)21-11-10-15-2-4-16(12-22)5-3-15/h2-9,14,22H,10-13H2,1H3,(H,21,23). The van der Waals surface area contributed by atoms with Crippen LogP contribution in [-0.2, 0) is 17.8 Å². The summed E-state index contributed by atoms with van der Waals surface area (Å²) in [6, 6.07) is 14.0. The summed E-state index contributed by atoms with van der Waals surface area (Å²) < 4.78 is 12.8. The molecular formula is C19H22FNO2S. The molecule has 2 aromatic rings. The normalized spacial score (nSPS) is 12.0. The van der Waals surface area contributed by atoms with Crippen LogP contribution in [0, 0.1) is 11.7 Å². The summed E-state index contributed by atoms with van der Waals surface area (Å²) in [6.45, 7) is 2.52. The minimum Gasteiger partial charge on any atom is -0.392 e. The average Bonchev–Trinajstić information content (AvgIpc) is 2.61. The molecule has 2 N–H and O–H groups in total. The summed E-state index contributed by atoms with van der Waals surface area (Å²) in [7, 11) is 0. The van der Waals surface area contributed by atoms with Gasteiger partial charge in [-0.2, -0.15) is 0 Å². The predicted molar refractivity (Wildman–Crippen MR) is 95.4 cm³/mol. The van der Waals surface area contributed by atoms with Crippen molar-refractivity contribution in [1.82, 2.24) is 5.32 Å². The molecule has 0 aliphatic heterocycles. The number of halogens is 1. The number of nitrogens with one attached hydrogen (secondary N) is 1. The summed E-state index contributed by atoms with van der Waals surface area (Å²) in [5.74, 6) is 0.313. The summed E-state index contributed by atoms with van der Waals surface area (Å²) in [6.07, 6.45) is 0.759. The van der Waals surface area contributed by atoms with E-state index in [1.165, 1.54) is 12.1 Å². The molecule has 1 atom stereocenters. The topological polar surface area (TPSA) is 49.3 Å². The number of aliphatic hydroxyl groups is 1. The fraction of sp³-hybridized carbons (Fsp3) is 0.316. The zero-order chi connectivity index (χ0) is 17.4. The van der Waals surface area contributed by atoms with E-state index in [2.05, 4.69) is 5.32 Å². The van der Waals surface area contributed by atoms with Gasteiger partial charge in [0.15, 0.2) is 0 Å². The molecule has 2 rings (SSSR count). The molecule has 0 aliphatic rings. The lowest BCUT2D eigenvalue weighted by molar-refractivity contribution is -0.123. The van der Waals surface area contributed by atoms with Crippen molar-refractivity contribution in [3.63, 3.8) is 0 Å². The zero-order valence-electron chi connectivity index (χ0n) is 13.7. The van der Waals surface area contributed by atoms with Gasteiger partial charge in [0.05, 0.1) is 6.61 Å². The van der Waals surface area contributed by atoms with Gasteiger partial charge in [-0.15, -0.1) is 11.8 Å². The molecule has 0 fully saturated rings. The van der Waals surface area contributed by atoms with Crippen LogP contribution in [0.25, 0.3) is 0 Å². The van der Waals surface area contributed by atoms with E-state index in [-0.39, 0.29) is 24.2 Å². The van der Waals surface area contributed by atoms with Gasteiger partial charge in [-0.1, -0.05) is 31.2 Å². The highest BCUT2D eigenvalue weighted by atomic mass is 32.2. The van der Waals surface area contributed by atoms with Crippen LogP contribution in [0.4, 0.5) is 4.39 Å². The maximum Gasteiger partial charge on any atom is 0.223 e. The molecule has 0 aliphatic carbocycles. The van der Waals surface area contributed by atoms with Gasteiger partial charge in [-0.05, 0) is 41.8 Å². The van der Waals surface area contributed by atoms with Crippen LogP contribution < -0.4 is 5.32 Å². The van der Waals surface area contributed by atoms with Gasteiger partial charge in [0.2, 0.25) is 5.91 Å². The van der Waals surface area contributed by atoms with E-state index < -0.39 is 0 Å². The number of aliphatic hydroxyl groups excluding tert-OH is 1. The number of hydrogen-bond acceptors (Lipinski definition) is 3. The van der Waals surface area contributed by atoms with Crippen molar-refractivity contribution < 1.29 is 14.3 Å². The number of carbonyl (C=O) groups is 1. The monoisotopic (exact) mass is 347 g/mol. The Labute approximate surface area is 146 Å². The minimum atomic E-state index is -0.253. The summed E-state index contributed by atoms with van der Waals surface area (Å²) in [5, 5.41) is 12.0. The third-order valence-electron chi connectivity index (χ3n) is 3.68. The van der Waals surface area contributed by atoms with Gasteiger partial charge in [-0.3, -0.25) is 4.79 Å². The minimum absolute atomic E-state index is 0.0246. The van der Waals surface area contributed by atoms with Gasteiger partial charge < -0.3 is 10.4 Å². The van der Waals surface area contributed by atoms with Crippen molar-refractivity contribution in [2.75, 3.05) is 12.3 Å². The highest BCUT2D eigenvalue weighted by Gasteiger charge is 2.12. The van der Waals surface area contributed by atoms with E-state index in [4.69, 9.17) is 5.11 Å². The van der Waals surface area contributed by atoms with Gasteiger partial charge in [0.25, 0.3) is 0 Å². The van der Waals surface area contributed by atoms with Crippen LogP contribution in [0.2, 0.25) is 0 Å². The molecular weight excluding hydrogens is 325 g/mol. The molecule has 24 heavy (non-hydrogen) atoms. The number of rotatable bonds is 8. The van der Waals surface area contributed by atoms with Crippen molar-refractivity contribution in [1.29, 1.82) is 0 Å². The Morgan fingerprint density at radius 2 is 1.75 bits per heavy atom. The van der Waals surface area contributed by atoms with Crippen molar-refractivity contribution >= 4 is 17.7 Å². The van der Waals surface area contributed by atoms with Crippen LogP contribution in [0.15, 0.2) is 53.4 Å². The van der Waals surface area contributed by atoms with Crippen molar-refractivity contribution in [3.05, 3.63) is 65.5 Å². The lowest BCUT2D eigenvalue weighted by atomic mass is 10.1. The fourth-order valence-corrected chi connectivity index (χ4v) is 3.07. The van der Waals surface area contributed by atoms with Crippen molar-refractivity contribution in [3.8, 4) is 0 Å². The molecule has 0 saturated heterocycles. The molecule has 5 heteroatoms. The van der Waals surface area contributed by atoms with Gasteiger partial charge >= 0.3 is 0 Å². The Bertz CT molecular complexity index is 643.